The Morgan fingerprint density at radius 1 is 0.741 bits per heavy atom. The van der Waals surface area contributed by atoms with Gasteiger partial charge in [0.1, 0.15) is 11.9 Å². The highest BCUT2D eigenvalue weighted by Crippen LogP contribution is 2.71. The van der Waals surface area contributed by atoms with Crippen molar-refractivity contribution < 1.29 is 4.74 Å². The lowest BCUT2D eigenvalue weighted by atomic mass is 9.62. The van der Waals surface area contributed by atoms with E-state index in [1.807, 2.05) is 0 Å². The first-order chi connectivity index (χ1) is 28.8. The fourth-order valence-corrected chi connectivity index (χ4v) is 14.2. The Kier molecular flexibility index (Phi) is 7.59. The van der Waals surface area contributed by atoms with Crippen LogP contribution in [0.3, 0.4) is 0 Å². The molecule has 58 heavy (non-hydrogen) atoms. The third-order valence-corrected chi connectivity index (χ3v) is 16.3. The Morgan fingerprint density at radius 3 is 2.59 bits per heavy atom. The average Bonchev–Trinajstić information content (AvgIpc) is 4.01. The minimum absolute atomic E-state index is 0.0567. The Bertz CT molecular complexity index is 2510. The maximum Gasteiger partial charge on any atom is 0.126 e. The molecule has 9 atom stereocenters. The van der Waals surface area contributed by atoms with Gasteiger partial charge >= 0.3 is 0 Å². The summed E-state index contributed by atoms with van der Waals surface area (Å²) in [5.41, 5.74) is 17.3. The van der Waals surface area contributed by atoms with E-state index < -0.39 is 0 Å². The van der Waals surface area contributed by atoms with Crippen LogP contribution in [0.2, 0.25) is 0 Å². The number of ether oxygens (including phenoxy) is 1. The van der Waals surface area contributed by atoms with Gasteiger partial charge < -0.3 is 14.2 Å². The fraction of sp³-hybridized carbons (Fsp3) is 0.382. The summed E-state index contributed by atoms with van der Waals surface area (Å²) >= 11 is 0. The Labute approximate surface area is 344 Å². The van der Waals surface area contributed by atoms with E-state index >= 15 is 0 Å². The van der Waals surface area contributed by atoms with Crippen molar-refractivity contribution in [1.29, 1.82) is 0 Å². The predicted octanol–water partition coefficient (Wildman–Crippen LogP) is 12.3. The number of hydrogen-bond acceptors (Lipinski definition) is 2. The summed E-state index contributed by atoms with van der Waals surface area (Å²) in [6, 6.07) is 10.0. The van der Waals surface area contributed by atoms with Crippen molar-refractivity contribution in [2.45, 2.75) is 107 Å². The van der Waals surface area contributed by atoms with Gasteiger partial charge in [-0.1, -0.05) is 103 Å². The van der Waals surface area contributed by atoms with Crippen molar-refractivity contribution in [3.8, 4) is 5.75 Å². The van der Waals surface area contributed by atoms with Crippen molar-refractivity contribution in [2.24, 2.45) is 23.2 Å². The second kappa shape index (κ2) is 13.0. The van der Waals surface area contributed by atoms with E-state index in [0.29, 0.717) is 23.8 Å². The minimum Gasteiger partial charge on any atom is -0.485 e. The molecule has 10 aliphatic carbocycles. The standard InChI is InChI=1S/C55H54N2O/c1-2-15-35(16-3-1)57-49-25-12-7-20-42(49)44-33-36(30-32-50(44)57)56(51-26-14-28-53-54(51)43-21-8-13-27-52(43)58-53)37-29-31-41-40-19-6-11-24-47(40)55(48(41)34-37)45-22-9-4-17-38(45)39-18-5-10-23-46(39)55/h1-2,4,6,8,10-14,17,19,21,23-25,27-30,32,34-36,40-41,47,51,53-54H,3,5,7,9,15-16,18,20,22,26,31,33H2. The van der Waals surface area contributed by atoms with E-state index in [0.717, 1.165) is 57.1 Å². The quantitative estimate of drug-likeness (QED) is 0.289. The van der Waals surface area contributed by atoms with E-state index in [-0.39, 0.29) is 29.5 Å². The average molecular weight is 759 g/mol. The number of para-hydroxylation sites is 1. The van der Waals surface area contributed by atoms with Crippen LogP contribution in [0.1, 0.15) is 104 Å². The van der Waals surface area contributed by atoms with E-state index in [2.05, 4.69) is 143 Å². The number of fused-ring (bicyclic) bond motifs is 14. The molecule has 0 saturated heterocycles. The molecule has 0 bridgehead atoms. The van der Waals surface area contributed by atoms with E-state index in [1.54, 1.807) is 39.0 Å². The zero-order chi connectivity index (χ0) is 38.0. The van der Waals surface area contributed by atoms with Gasteiger partial charge in [-0.2, -0.15) is 0 Å². The number of rotatable bonds is 4. The monoisotopic (exact) mass is 758 g/mol. The SMILES string of the molecule is C1=CC2C3CC=C(N(C4C=Cc5c(c6c(n5C5CC=CCC5)C=CCC6)C4)C4CC=CC5Oc6ccccc6C54)C=C3C3(C4=C(CCC=C4)C4=C3CCC=C4)C2C=C1. The molecule has 2 heterocycles. The van der Waals surface area contributed by atoms with Crippen LogP contribution >= 0.6 is 0 Å². The number of hydrogen-bond donors (Lipinski definition) is 0. The first-order valence-corrected chi connectivity index (χ1v) is 22.8. The number of allylic oxidation sites excluding steroid dienone is 18. The summed E-state index contributed by atoms with van der Waals surface area (Å²) in [7, 11) is 0. The van der Waals surface area contributed by atoms with Crippen LogP contribution in [0.15, 0.2) is 155 Å². The van der Waals surface area contributed by atoms with Gasteiger partial charge in [-0.3, -0.25) is 0 Å². The molecule has 11 aliphatic rings. The Morgan fingerprint density at radius 2 is 1.62 bits per heavy atom. The molecule has 1 aromatic heterocycles. The van der Waals surface area contributed by atoms with Gasteiger partial charge in [-0.25, -0.2) is 0 Å². The molecular formula is C55H54N2O. The van der Waals surface area contributed by atoms with Crippen molar-refractivity contribution >= 4 is 12.2 Å². The molecular weight excluding hydrogens is 705 g/mol. The molecule has 1 saturated carbocycles. The first-order valence-electron chi connectivity index (χ1n) is 22.8. The van der Waals surface area contributed by atoms with Crippen LogP contribution in [0, 0.1) is 23.2 Å². The van der Waals surface area contributed by atoms with Crippen LogP contribution in [0.5, 0.6) is 5.75 Å². The maximum absolute atomic E-state index is 6.77. The second-order valence-corrected chi connectivity index (χ2v) is 18.8. The first kappa shape index (κ1) is 33.9. The Balaban J connectivity index is 0.983. The lowest BCUT2D eigenvalue weighted by Gasteiger charge is -2.47. The lowest BCUT2D eigenvalue weighted by molar-refractivity contribution is 0.136. The van der Waals surface area contributed by atoms with Gasteiger partial charge in [0.2, 0.25) is 0 Å². The fourth-order valence-electron chi connectivity index (χ4n) is 14.2. The highest BCUT2D eigenvalue weighted by Gasteiger charge is 2.62. The summed E-state index contributed by atoms with van der Waals surface area (Å²) in [6.45, 7) is 0. The minimum atomic E-state index is -0.0567. The summed E-state index contributed by atoms with van der Waals surface area (Å²) in [4.78, 5) is 2.94. The molecule has 0 amide bonds. The maximum atomic E-state index is 6.77. The molecule has 2 aromatic rings. The molecule has 1 spiro atoms. The summed E-state index contributed by atoms with van der Waals surface area (Å²) in [5.74, 6) is 2.86. The highest BCUT2D eigenvalue weighted by atomic mass is 16.5. The topological polar surface area (TPSA) is 17.4 Å². The van der Waals surface area contributed by atoms with Gasteiger partial charge in [-0.15, -0.1) is 0 Å². The molecule has 1 aliphatic heterocycles. The van der Waals surface area contributed by atoms with Gasteiger partial charge in [0.25, 0.3) is 0 Å². The van der Waals surface area contributed by atoms with Gasteiger partial charge in [0.05, 0.1) is 6.04 Å². The van der Waals surface area contributed by atoms with Gasteiger partial charge in [0, 0.05) is 52.0 Å². The molecule has 1 aromatic carbocycles. The third kappa shape index (κ3) is 4.62. The van der Waals surface area contributed by atoms with Crippen LogP contribution in [-0.2, 0) is 12.8 Å². The van der Waals surface area contributed by atoms with E-state index in [9.17, 15) is 0 Å². The van der Waals surface area contributed by atoms with E-state index in [1.165, 1.54) is 48.3 Å². The molecule has 13 rings (SSSR count). The van der Waals surface area contributed by atoms with Crippen LogP contribution < -0.4 is 4.74 Å². The smallest absolute Gasteiger partial charge is 0.126 e. The summed E-state index contributed by atoms with van der Waals surface area (Å²) in [5, 5.41) is 0. The van der Waals surface area contributed by atoms with Crippen molar-refractivity contribution in [1.82, 2.24) is 9.47 Å². The second-order valence-electron chi connectivity index (χ2n) is 18.8. The third-order valence-electron chi connectivity index (χ3n) is 16.3. The number of aromatic nitrogens is 1. The predicted molar refractivity (Wildman–Crippen MR) is 236 cm³/mol. The van der Waals surface area contributed by atoms with Gasteiger partial charge in [0.15, 0.2) is 0 Å². The summed E-state index contributed by atoms with van der Waals surface area (Å²) < 4.78 is 9.53. The normalized spacial score (nSPS) is 35.2. The zero-order valence-electron chi connectivity index (χ0n) is 33.6. The van der Waals surface area contributed by atoms with E-state index in [4.69, 9.17) is 4.74 Å². The van der Waals surface area contributed by atoms with Crippen molar-refractivity contribution in [2.75, 3.05) is 0 Å². The van der Waals surface area contributed by atoms with Crippen molar-refractivity contribution in [3.05, 3.63) is 183 Å². The largest absolute Gasteiger partial charge is 0.485 e. The molecule has 0 radical (unpaired) electrons. The molecule has 9 unspecified atom stereocenters. The molecule has 3 nitrogen and oxygen atoms in total. The Hall–Kier alpha value is -5.02. The number of nitrogens with zero attached hydrogens (tertiary/aromatic N) is 2. The summed E-state index contributed by atoms with van der Waals surface area (Å²) in [6.07, 6.45) is 58.8. The highest BCUT2D eigenvalue weighted by molar-refractivity contribution is 5.71. The van der Waals surface area contributed by atoms with Gasteiger partial charge in [-0.05, 0) is 158 Å². The van der Waals surface area contributed by atoms with Crippen LogP contribution in [0.4, 0.5) is 0 Å². The molecule has 3 heteroatoms. The van der Waals surface area contributed by atoms with Crippen molar-refractivity contribution in [3.63, 3.8) is 0 Å². The molecule has 0 N–H and O–H groups in total. The van der Waals surface area contributed by atoms with Crippen LogP contribution in [-0.4, -0.2) is 27.7 Å². The zero-order valence-corrected chi connectivity index (χ0v) is 33.6. The molecule has 290 valence electrons. The number of benzene rings is 1. The lowest BCUT2D eigenvalue weighted by Crippen LogP contribution is -2.49. The van der Waals surface area contributed by atoms with Crippen LogP contribution in [0.25, 0.3) is 12.2 Å². The molecule has 1 fully saturated rings.